The zero-order valence-electron chi connectivity index (χ0n) is 23.2. The van der Waals surface area contributed by atoms with Gasteiger partial charge in [0.05, 0.1) is 6.04 Å². The van der Waals surface area contributed by atoms with E-state index in [1.54, 1.807) is 18.3 Å². The van der Waals surface area contributed by atoms with E-state index in [0.29, 0.717) is 24.9 Å². The number of carboxylic acids is 1. The van der Waals surface area contributed by atoms with Crippen molar-refractivity contribution in [2.45, 2.75) is 63.7 Å². The van der Waals surface area contributed by atoms with Crippen LogP contribution in [0.1, 0.15) is 37.8 Å². The third-order valence-corrected chi connectivity index (χ3v) is 7.56. The van der Waals surface area contributed by atoms with Gasteiger partial charge >= 0.3 is 5.97 Å². The zero-order chi connectivity index (χ0) is 29.7. The second-order valence-corrected chi connectivity index (χ2v) is 10.9. The topological polar surface area (TPSA) is 178 Å². The van der Waals surface area contributed by atoms with E-state index in [1.807, 2.05) is 38.1 Å². The first-order valence-corrected chi connectivity index (χ1v) is 13.8. The molecule has 4 atom stereocenters. The molecule has 4 rings (SSSR count). The number of para-hydroxylation sites is 1. The van der Waals surface area contributed by atoms with Gasteiger partial charge in [0.2, 0.25) is 17.7 Å². The van der Waals surface area contributed by atoms with Crippen LogP contribution in [-0.4, -0.2) is 74.5 Å². The van der Waals surface area contributed by atoms with Gasteiger partial charge in [-0.3, -0.25) is 14.4 Å². The average Bonchev–Trinajstić information content (AvgIpc) is 3.60. The number of rotatable bonds is 11. The van der Waals surface area contributed by atoms with Crippen LogP contribution < -0.4 is 16.4 Å². The van der Waals surface area contributed by atoms with E-state index in [1.165, 1.54) is 17.0 Å². The van der Waals surface area contributed by atoms with Crippen LogP contribution in [0, 0.1) is 5.92 Å². The van der Waals surface area contributed by atoms with Crippen LogP contribution in [0.2, 0.25) is 0 Å². The SMILES string of the molecule is CC(C)C(N)C(=O)NC(Cc1c[nH]c2ccccc12)C(=O)N1CCCC1C(=O)NC(Cc1ccc(O)cc1)C(=O)O. The minimum atomic E-state index is -1.23. The van der Waals surface area contributed by atoms with Gasteiger partial charge in [-0.05, 0) is 48.1 Å². The number of hydrogen-bond acceptors (Lipinski definition) is 6. The number of hydrogen-bond donors (Lipinski definition) is 6. The molecule has 218 valence electrons. The fourth-order valence-corrected chi connectivity index (χ4v) is 5.13. The second kappa shape index (κ2) is 12.9. The molecule has 1 aromatic heterocycles. The van der Waals surface area contributed by atoms with Crippen LogP contribution in [0.25, 0.3) is 10.9 Å². The minimum absolute atomic E-state index is 0.00829. The Morgan fingerprint density at radius 2 is 1.73 bits per heavy atom. The normalized spacial score (nSPS) is 17.3. The lowest BCUT2D eigenvalue weighted by atomic mass is 10.0. The molecule has 1 saturated heterocycles. The van der Waals surface area contributed by atoms with Gasteiger partial charge in [-0.25, -0.2) is 4.79 Å². The van der Waals surface area contributed by atoms with Crippen LogP contribution >= 0.6 is 0 Å². The number of phenols is 1. The number of benzene rings is 2. The van der Waals surface area contributed by atoms with Crippen molar-refractivity contribution < 1.29 is 29.4 Å². The van der Waals surface area contributed by atoms with Gasteiger partial charge in [0, 0.05) is 36.5 Å². The molecule has 0 spiro atoms. The maximum absolute atomic E-state index is 13.9. The number of amides is 3. The molecular formula is C30H37N5O6. The second-order valence-electron chi connectivity index (χ2n) is 10.9. The number of likely N-dealkylation sites (tertiary alicyclic amines) is 1. The number of carboxylic acid groups (broad SMARTS) is 1. The Labute approximate surface area is 238 Å². The largest absolute Gasteiger partial charge is 0.508 e. The van der Waals surface area contributed by atoms with Crippen LogP contribution in [0.3, 0.4) is 0 Å². The number of nitrogens with zero attached hydrogens (tertiary/aromatic N) is 1. The predicted molar refractivity (Wildman–Crippen MR) is 153 cm³/mol. The predicted octanol–water partition coefficient (Wildman–Crippen LogP) is 1.69. The lowest BCUT2D eigenvalue weighted by Gasteiger charge is -2.30. The number of carbonyl (C=O) groups excluding carboxylic acids is 3. The third kappa shape index (κ3) is 7.04. The summed E-state index contributed by atoms with van der Waals surface area (Å²) in [6.45, 7) is 3.93. The Balaban J connectivity index is 1.53. The van der Waals surface area contributed by atoms with E-state index < -0.39 is 47.9 Å². The smallest absolute Gasteiger partial charge is 0.326 e. The highest BCUT2D eigenvalue weighted by Crippen LogP contribution is 2.23. The van der Waals surface area contributed by atoms with Gasteiger partial charge < -0.3 is 36.5 Å². The van der Waals surface area contributed by atoms with Crippen molar-refractivity contribution in [2.75, 3.05) is 6.54 Å². The maximum Gasteiger partial charge on any atom is 0.326 e. The Kier molecular flexibility index (Phi) is 9.28. The summed E-state index contributed by atoms with van der Waals surface area (Å²) in [5.74, 6) is -2.77. The first-order chi connectivity index (χ1) is 19.5. The fourth-order valence-electron chi connectivity index (χ4n) is 5.13. The van der Waals surface area contributed by atoms with E-state index in [-0.39, 0.29) is 24.5 Å². The van der Waals surface area contributed by atoms with Gasteiger partial charge in [0.1, 0.15) is 23.9 Å². The van der Waals surface area contributed by atoms with E-state index in [0.717, 1.165) is 16.5 Å². The third-order valence-electron chi connectivity index (χ3n) is 7.56. The van der Waals surface area contributed by atoms with E-state index in [2.05, 4.69) is 15.6 Å². The number of aromatic nitrogens is 1. The molecule has 1 aliphatic heterocycles. The maximum atomic E-state index is 13.9. The minimum Gasteiger partial charge on any atom is -0.508 e. The first-order valence-electron chi connectivity index (χ1n) is 13.8. The van der Waals surface area contributed by atoms with E-state index >= 15 is 0 Å². The summed E-state index contributed by atoms with van der Waals surface area (Å²) in [5, 5.41) is 25.6. The van der Waals surface area contributed by atoms with Crippen LogP contribution in [-0.2, 0) is 32.0 Å². The van der Waals surface area contributed by atoms with Crippen LogP contribution in [0.5, 0.6) is 5.75 Å². The molecule has 4 unspecified atom stereocenters. The lowest BCUT2D eigenvalue weighted by Crippen LogP contribution is -2.58. The summed E-state index contributed by atoms with van der Waals surface area (Å²) in [6, 6.07) is 9.79. The van der Waals surface area contributed by atoms with Crippen LogP contribution in [0.4, 0.5) is 0 Å². The number of nitrogens with one attached hydrogen (secondary N) is 3. The monoisotopic (exact) mass is 563 g/mol. The quantitative estimate of drug-likeness (QED) is 0.205. The molecule has 7 N–H and O–H groups in total. The average molecular weight is 564 g/mol. The molecule has 1 aliphatic rings. The molecule has 0 aliphatic carbocycles. The van der Waals surface area contributed by atoms with Gasteiger partial charge in [-0.15, -0.1) is 0 Å². The summed E-state index contributed by atoms with van der Waals surface area (Å²) >= 11 is 0. The molecule has 3 aromatic rings. The van der Waals surface area contributed by atoms with Crippen molar-refractivity contribution in [2.24, 2.45) is 11.7 Å². The molecule has 11 nitrogen and oxygen atoms in total. The molecule has 0 radical (unpaired) electrons. The standard InChI is InChI=1S/C30H37N5O6/c1-17(2)26(31)28(38)33-23(15-19-16-32-22-7-4-3-6-21(19)22)29(39)35-13-5-8-25(35)27(37)34-24(30(40)41)14-18-9-11-20(36)12-10-18/h3-4,6-7,9-12,16-17,23-26,32,36H,5,8,13-15,31H2,1-2H3,(H,33,38)(H,34,37)(H,40,41). The summed E-state index contributed by atoms with van der Waals surface area (Å²) in [7, 11) is 0. The summed E-state index contributed by atoms with van der Waals surface area (Å²) in [6.07, 6.45) is 2.91. The number of aromatic amines is 1. The first kappa shape index (κ1) is 29.6. The van der Waals surface area contributed by atoms with Crippen molar-refractivity contribution in [1.29, 1.82) is 0 Å². The molecule has 41 heavy (non-hydrogen) atoms. The Bertz CT molecular complexity index is 1400. The molecule has 0 bridgehead atoms. The molecule has 2 aromatic carbocycles. The number of H-pyrrole nitrogens is 1. The molecule has 11 heteroatoms. The number of phenolic OH excluding ortho intramolecular Hbond substituents is 1. The number of nitrogens with two attached hydrogens (primary N) is 1. The molecule has 2 heterocycles. The number of fused-ring (bicyclic) bond motifs is 1. The van der Waals surface area contributed by atoms with Crippen molar-refractivity contribution >= 4 is 34.6 Å². The van der Waals surface area contributed by atoms with Crippen molar-refractivity contribution in [3.63, 3.8) is 0 Å². The number of carbonyl (C=O) groups is 4. The number of aliphatic carboxylic acids is 1. The van der Waals surface area contributed by atoms with Crippen molar-refractivity contribution in [1.82, 2.24) is 20.5 Å². The highest BCUT2D eigenvalue weighted by atomic mass is 16.4. The van der Waals surface area contributed by atoms with E-state index in [9.17, 15) is 29.4 Å². The Morgan fingerprint density at radius 1 is 1.02 bits per heavy atom. The highest BCUT2D eigenvalue weighted by molar-refractivity contribution is 5.95. The zero-order valence-corrected chi connectivity index (χ0v) is 23.2. The van der Waals surface area contributed by atoms with Crippen molar-refractivity contribution in [3.05, 3.63) is 65.9 Å². The molecule has 3 amide bonds. The van der Waals surface area contributed by atoms with Gasteiger partial charge in [-0.1, -0.05) is 44.2 Å². The van der Waals surface area contributed by atoms with Crippen molar-refractivity contribution in [3.8, 4) is 5.75 Å². The summed E-state index contributed by atoms with van der Waals surface area (Å²) < 4.78 is 0. The van der Waals surface area contributed by atoms with Gasteiger partial charge in [-0.2, -0.15) is 0 Å². The summed E-state index contributed by atoms with van der Waals surface area (Å²) in [5.41, 5.74) is 8.43. The van der Waals surface area contributed by atoms with E-state index in [4.69, 9.17) is 5.73 Å². The summed E-state index contributed by atoms with van der Waals surface area (Å²) in [4.78, 5) is 56.8. The fraction of sp³-hybridized carbons (Fsp3) is 0.400. The molecule has 1 fully saturated rings. The Morgan fingerprint density at radius 3 is 2.41 bits per heavy atom. The van der Waals surface area contributed by atoms with Gasteiger partial charge in [0.25, 0.3) is 0 Å². The van der Waals surface area contributed by atoms with Crippen LogP contribution in [0.15, 0.2) is 54.7 Å². The Hall–Kier alpha value is -4.38. The molecule has 0 saturated carbocycles. The highest BCUT2D eigenvalue weighted by Gasteiger charge is 2.39. The lowest BCUT2D eigenvalue weighted by molar-refractivity contribution is -0.145. The number of aromatic hydroxyl groups is 1. The van der Waals surface area contributed by atoms with Gasteiger partial charge in [0.15, 0.2) is 0 Å². The molecular weight excluding hydrogens is 526 g/mol.